The van der Waals surface area contributed by atoms with Crippen LogP contribution < -0.4 is 0 Å². The summed E-state index contributed by atoms with van der Waals surface area (Å²) in [5, 5.41) is 8.37. The maximum absolute atomic E-state index is 11.0. The minimum Gasteiger partial charge on any atom is -0.394 e. The van der Waals surface area contributed by atoms with Crippen LogP contribution in [0.5, 0.6) is 0 Å². The largest absolute Gasteiger partial charge is 0.394 e. The average molecular weight is 160 g/mol. The van der Waals surface area contributed by atoms with Gasteiger partial charge in [0.05, 0.1) is 19.8 Å². The molecule has 0 radical (unpaired) electrons. The van der Waals surface area contributed by atoms with Crippen LogP contribution in [-0.4, -0.2) is 30.7 Å². The lowest BCUT2D eigenvalue weighted by Gasteiger charge is -2.08. The van der Waals surface area contributed by atoms with E-state index in [0.29, 0.717) is 19.6 Å². The van der Waals surface area contributed by atoms with E-state index < -0.39 is 0 Å². The highest BCUT2D eigenvalue weighted by Crippen LogP contribution is 2.00. The fourth-order valence-electron chi connectivity index (χ4n) is 0.766. The quantitative estimate of drug-likeness (QED) is 0.579. The highest BCUT2D eigenvalue weighted by Gasteiger charge is 2.09. The summed E-state index contributed by atoms with van der Waals surface area (Å²) >= 11 is 0. The van der Waals surface area contributed by atoms with Crippen LogP contribution in [0.1, 0.15) is 20.3 Å². The number of Topliss-reactive ketones (excluding diaryl/α,β-unsaturated/α-hetero) is 1. The number of carbonyl (C=O) groups excluding carboxylic acids is 1. The zero-order chi connectivity index (χ0) is 8.69. The molecule has 66 valence electrons. The van der Waals surface area contributed by atoms with Crippen LogP contribution in [0.3, 0.4) is 0 Å². The van der Waals surface area contributed by atoms with Crippen LogP contribution in [0.4, 0.5) is 0 Å². The number of aliphatic hydroxyl groups is 1. The topological polar surface area (TPSA) is 46.5 Å². The molecular weight excluding hydrogens is 144 g/mol. The van der Waals surface area contributed by atoms with Gasteiger partial charge in [-0.2, -0.15) is 0 Å². The van der Waals surface area contributed by atoms with Crippen molar-refractivity contribution in [2.24, 2.45) is 5.92 Å². The highest BCUT2D eigenvalue weighted by molar-refractivity contribution is 5.80. The van der Waals surface area contributed by atoms with Gasteiger partial charge in [-0.15, -0.1) is 0 Å². The van der Waals surface area contributed by atoms with E-state index in [2.05, 4.69) is 0 Å². The van der Waals surface area contributed by atoms with E-state index >= 15 is 0 Å². The monoisotopic (exact) mass is 160 g/mol. The minimum atomic E-state index is -0.0356. The van der Waals surface area contributed by atoms with Crippen molar-refractivity contribution < 1.29 is 14.6 Å². The van der Waals surface area contributed by atoms with Gasteiger partial charge < -0.3 is 9.84 Å². The average Bonchev–Trinajstić information content (AvgIpc) is 2.03. The van der Waals surface area contributed by atoms with Crippen molar-refractivity contribution in [2.75, 3.05) is 19.8 Å². The Morgan fingerprint density at radius 2 is 2.27 bits per heavy atom. The second kappa shape index (κ2) is 6.31. The van der Waals surface area contributed by atoms with E-state index in [4.69, 9.17) is 9.84 Å². The number of rotatable bonds is 6. The Hall–Kier alpha value is -0.410. The van der Waals surface area contributed by atoms with Crippen molar-refractivity contribution in [3.8, 4) is 0 Å². The Bertz CT molecular complexity index is 112. The summed E-state index contributed by atoms with van der Waals surface area (Å²) in [7, 11) is 0. The number of carbonyl (C=O) groups is 1. The van der Waals surface area contributed by atoms with E-state index in [1.807, 2.05) is 13.8 Å². The zero-order valence-corrected chi connectivity index (χ0v) is 7.17. The molecule has 11 heavy (non-hydrogen) atoms. The predicted octanol–water partition coefficient (Wildman–Crippen LogP) is 0.611. The predicted molar refractivity (Wildman–Crippen MR) is 42.4 cm³/mol. The van der Waals surface area contributed by atoms with Crippen LogP contribution >= 0.6 is 0 Å². The molecule has 0 saturated heterocycles. The third-order valence-electron chi connectivity index (χ3n) is 1.50. The SMILES string of the molecule is CCC(=O)C(C)COCCO. The summed E-state index contributed by atoms with van der Waals surface area (Å²) in [5.41, 5.74) is 0. The van der Waals surface area contributed by atoms with E-state index in [1.165, 1.54) is 0 Å². The molecule has 0 saturated carbocycles. The van der Waals surface area contributed by atoms with Gasteiger partial charge in [-0.25, -0.2) is 0 Å². The van der Waals surface area contributed by atoms with Crippen molar-refractivity contribution in [3.05, 3.63) is 0 Å². The van der Waals surface area contributed by atoms with Crippen LogP contribution in [0.15, 0.2) is 0 Å². The molecule has 3 nitrogen and oxygen atoms in total. The molecule has 0 spiro atoms. The summed E-state index contributed by atoms with van der Waals surface area (Å²) in [6.45, 7) is 4.44. The summed E-state index contributed by atoms with van der Waals surface area (Å²) in [6.07, 6.45) is 0.559. The van der Waals surface area contributed by atoms with Crippen molar-refractivity contribution >= 4 is 5.78 Å². The molecule has 0 fully saturated rings. The van der Waals surface area contributed by atoms with E-state index in [-0.39, 0.29) is 18.3 Å². The molecule has 0 aromatic heterocycles. The molecule has 3 heteroatoms. The Morgan fingerprint density at radius 3 is 2.73 bits per heavy atom. The second-order valence-corrected chi connectivity index (χ2v) is 2.52. The van der Waals surface area contributed by atoms with Gasteiger partial charge in [-0.05, 0) is 0 Å². The van der Waals surface area contributed by atoms with Gasteiger partial charge in [0.15, 0.2) is 0 Å². The lowest BCUT2D eigenvalue weighted by Crippen LogP contribution is -2.17. The lowest BCUT2D eigenvalue weighted by atomic mass is 10.1. The molecule has 0 aliphatic heterocycles. The smallest absolute Gasteiger partial charge is 0.137 e. The Morgan fingerprint density at radius 1 is 1.64 bits per heavy atom. The maximum atomic E-state index is 11.0. The number of hydrogen-bond donors (Lipinski definition) is 1. The number of ether oxygens (including phenoxy) is 1. The van der Waals surface area contributed by atoms with Crippen molar-refractivity contribution in [1.82, 2.24) is 0 Å². The normalized spacial score (nSPS) is 13.0. The summed E-state index contributed by atoms with van der Waals surface area (Å²) in [5.74, 6) is 0.175. The summed E-state index contributed by atoms with van der Waals surface area (Å²) < 4.78 is 5.00. The first-order valence-electron chi connectivity index (χ1n) is 3.93. The van der Waals surface area contributed by atoms with Gasteiger partial charge in [0.1, 0.15) is 5.78 Å². The van der Waals surface area contributed by atoms with E-state index in [0.717, 1.165) is 0 Å². The molecule has 0 amide bonds. The van der Waals surface area contributed by atoms with Crippen molar-refractivity contribution in [3.63, 3.8) is 0 Å². The van der Waals surface area contributed by atoms with Gasteiger partial charge >= 0.3 is 0 Å². The molecule has 0 aliphatic rings. The van der Waals surface area contributed by atoms with E-state index in [1.54, 1.807) is 0 Å². The first kappa shape index (κ1) is 10.6. The van der Waals surface area contributed by atoms with Gasteiger partial charge in [-0.1, -0.05) is 13.8 Å². The molecule has 0 rings (SSSR count). The molecule has 0 aromatic rings. The van der Waals surface area contributed by atoms with Crippen LogP contribution in [0, 0.1) is 5.92 Å². The van der Waals surface area contributed by atoms with Crippen molar-refractivity contribution in [2.45, 2.75) is 20.3 Å². The molecule has 0 aliphatic carbocycles. The first-order valence-corrected chi connectivity index (χ1v) is 3.93. The minimum absolute atomic E-state index is 0.0209. The molecular formula is C8H16O3. The Balaban J connectivity index is 3.36. The standard InChI is InChI=1S/C8H16O3/c1-3-8(10)7(2)6-11-5-4-9/h7,9H,3-6H2,1-2H3. The third kappa shape index (κ3) is 4.93. The summed E-state index contributed by atoms with van der Waals surface area (Å²) in [6, 6.07) is 0. The Labute approximate surface area is 67.4 Å². The maximum Gasteiger partial charge on any atom is 0.137 e. The summed E-state index contributed by atoms with van der Waals surface area (Å²) in [4.78, 5) is 11.0. The molecule has 1 N–H and O–H groups in total. The van der Waals surface area contributed by atoms with Crippen LogP contribution in [-0.2, 0) is 9.53 Å². The van der Waals surface area contributed by atoms with Crippen molar-refractivity contribution in [1.29, 1.82) is 0 Å². The number of hydrogen-bond acceptors (Lipinski definition) is 3. The number of ketones is 1. The third-order valence-corrected chi connectivity index (χ3v) is 1.50. The number of aliphatic hydroxyl groups excluding tert-OH is 1. The van der Waals surface area contributed by atoms with Gasteiger partial charge in [-0.3, -0.25) is 4.79 Å². The fourth-order valence-corrected chi connectivity index (χ4v) is 0.766. The molecule has 0 bridgehead atoms. The van der Waals surface area contributed by atoms with E-state index in [9.17, 15) is 4.79 Å². The zero-order valence-electron chi connectivity index (χ0n) is 7.17. The molecule has 1 unspecified atom stereocenters. The second-order valence-electron chi connectivity index (χ2n) is 2.52. The Kier molecular flexibility index (Phi) is 6.07. The van der Waals surface area contributed by atoms with Gasteiger partial charge in [0, 0.05) is 12.3 Å². The molecule has 0 heterocycles. The lowest BCUT2D eigenvalue weighted by molar-refractivity contribution is -0.124. The van der Waals surface area contributed by atoms with Gasteiger partial charge in [0.2, 0.25) is 0 Å². The molecule has 0 aromatic carbocycles. The molecule has 1 atom stereocenters. The first-order chi connectivity index (χ1) is 5.22. The van der Waals surface area contributed by atoms with Gasteiger partial charge in [0.25, 0.3) is 0 Å². The van der Waals surface area contributed by atoms with Crippen LogP contribution in [0.2, 0.25) is 0 Å². The fraction of sp³-hybridized carbons (Fsp3) is 0.875. The highest BCUT2D eigenvalue weighted by atomic mass is 16.5. The van der Waals surface area contributed by atoms with Crippen LogP contribution in [0.25, 0.3) is 0 Å².